The molecule has 0 radical (unpaired) electrons. The molecule has 0 aliphatic rings. The number of rotatable bonds is 5. The molecule has 0 spiro atoms. The summed E-state index contributed by atoms with van der Waals surface area (Å²) >= 11 is 6.21. The van der Waals surface area contributed by atoms with Crippen LogP contribution in [0.5, 0.6) is 0 Å². The van der Waals surface area contributed by atoms with E-state index in [-0.39, 0.29) is 0 Å². The second kappa shape index (κ2) is 5.60. The Balaban J connectivity index is 2.04. The first-order chi connectivity index (χ1) is 5.79. The first kappa shape index (κ1) is 10.1. The molecular formula is C9H14OS2. The zero-order valence-corrected chi connectivity index (χ0v) is 8.91. The summed E-state index contributed by atoms with van der Waals surface area (Å²) in [6.45, 7) is 2.12. The Bertz CT molecular complexity index is 194. The van der Waals surface area contributed by atoms with Crippen molar-refractivity contribution >= 4 is 24.4 Å². The molecule has 0 bridgehead atoms. The number of hydrogen-bond acceptors (Lipinski definition) is 3. The van der Waals surface area contributed by atoms with Gasteiger partial charge in [-0.1, -0.05) is 6.92 Å². The van der Waals surface area contributed by atoms with Gasteiger partial charge in [0.25, 0.3) is 0 Å². The van der Waals surface area contributed by atoms with E-state index < -0.39 is 0 Å². The van der Waals surface area contributed by atoms with Crippen LogP contribution < -0.4 is 0 Å². The van der Waals surface area contributed by atoms with Gasteiger partial charge in [-0.3, -0.25) is 0 Å². The third kappa shape index (κ3) is 4.12. The van der Waals surface area contributed by atoms with Gasteiger partial charge in [0.15, 0.2) is 0 Å². The molecule has 0 N–H and O–H groups in total. The number of thioether (sulfide) groups is 1. The molecule has 0 aromatic carbocycles. The van der Waals surface area contributed by atoms with E-state index in [9.17, 15) is 0 Å². The van der Waals surface area contributed by atoms with Crippen LogP contribution in [0.2, 0.25) is 0 Å². The molecule has 1 atom stereocenters. The van der Waals surface area contributed by atoms with Gasteiger partial charge in [-0.15, -0.1) is 0 Å². The van der Waals surface area contributed by atoms with Gasteiger partial charge < -0.3 is 4.42 Å². The fraction of sp³-hybridized carbons (Fsp3) is 0.556. The summed E-state index contributed by atoms with van der Waals surface area (Å²) in [6.07, 6.45) is 2.88. The van der Waals surface area contributed by atoms with Gasteiger partial charge in [0, 0.05) is 0 Å². The largest absolute Gasteiger partial charge is 0.468 e. The summed E-state index contributed by atoms with van der Waals surface area (Å²) in [5.74, 6) is 3.20. The highest BCUT2D eigenvalue weighted by Crippen LogP contribution is 2.14. The second-order valence-corrected chi connectivity index (χ2v) is 4.76. The molecule has 1 aromatic heterocycles. The summed E-state index contributed by atoms with van der Waals surface area (Å²) < 4.78 is 5.20. The van der Waals surface area contributed by atoms with E-state index in [1.165, 1.54) is 0 Å². The lowest BCUT2D eigenvalue weighted by Crippen LogP contribution is -1.92. The lowest BCUT2D eigenvalue weighted by Gasteiger charge is -2.01. The topological polar surface area (TPSA) is 13.1 Å². The Labute approximate surface area is 83.3 Å². The Morgan fingerprint density at radius 2 is 2.50 bits per heavy atom. The monoisotopic (exact) mass is 202 g/mol. The van der Waals surface area contributed by atoms with E-state index in [1.807, 2.05) is 23.9 Å². The predicted molar refractivity (Wildman–Crippen MR) is 57.9 cm³/mol. The van der Waals surface area contributed by atoms with E-state index in [4.69, 9.17) is 4.42 Å². The average molecular weight is 202 g/mol. The summed E-state index contributed by atoms with van der Waals surface area (Å²) in [5.41, 5.74) is 0. The highest BCUT2D eigenvalue weighted by Gasteiger charge is 1.97. The molecule has 0 saturated heterocycles. The third-order valence-corrected chi connectivity index (χ3v) is 2.78. The Kier molecular flexibility index (Phi) is 4.69. The van der Waals surface area contributed by atoms with Gasteiger partial charge in [0.2, 0.25) is 0 Å². The molecule has 1 aromatic rings. The van der Waals surface area contributed by atoms with Crippen molar-refractivity contribution in [1.82, 2.24) is 0 Å². The average Bonchev–Trinajstić information content (AvgIpc) is 2.49. The molecular weight excluding hydrogens is 188 g/mol. The van der Waals surface area contributed by atoms with Crippen LogP contribution in [-0.4, -0.2) is 11.0 Å². The molecule has 1 heterocycles. The molecule has 1 nitrogen and oxygen atoms in total. The van der Waals surface area contributed by atoms with Crippen LogP contribution in [0.25, 0.3) is 0 Å². The quantitative estimate of drug-likeness (QED) is 0.581. The first-order valence-corrected chi connectivity index (χ1v) is 5.74. The maximum absolute atomic E-state index is 5.20. The number of hydrogen-bond donors (Lipinski definition) is 1. The summed E-state index contributed by atoms with van der Waals surface area (Å²) in [6, 6.07) is 3.94. The number of furan rings is 1. The first-order valence-electron chi connectivity index (χ1n) is 4.07. The van der Waals surface area contributed by atoms with Gasteiger partial charge in [0.1, 0.15) is 5.76 Å². The molecule has 0 aliphatic heterocycles. The van der Waals surface area contributed by atoms with Crippen LogP contribution >= 0.6 is 24.4 Å². The van der Waals surface area contributed by atoms with Crippen LogP contribution in [0.1, 0.15) is 19.1 Å². The fourth-order valence-electron chi connectivity index (χ4n) is 0.821. The van der Waals surface area contributed by atoms with E-state index >= 15 is 0 Å². The Morgan fingerprint density at radius 1 is 1.67 bits per heavy atom. The molecule has 3 heteroatoms. The van der Waals surface area contributed by atoms with Crippen LogP contribution in [0.4, 0.5) is 0 Å². The smallest absolute Gasteiger partial charge is 0.113 e. The minimum atomic E-state index is 0.508. The molecule has 0 amide bonds. The minimum absolute atomic E-state index is 0.508. The lowest BCUT2D eigenvalue weighted by atomic mass is 10.4. The summed E-state index contributed by atoms with van der Waals surface area (Å²) in [5, 5.41) is 0.508. The maximum Gasteiger partial charge on any atom is 0.113 e. The van der Waals surface area contributed by atoms with Gasteiger partial charge in [-0.05, 0) is 29.6 Å². The van der Waals surface area contributed by atoms with Crippen molar-refractivity contribution in [2.75, 3.05) is 5.75 Å². The van der Waals surface area contributed by atoms with Gasteiger partial charge in [-0.25, -0.2) is 0 Å². The zero-order valence-electron chi connectivity index (χ0n) is 7.19. The zero-order chi connectivity index (χ0) is 8.81. The maximum atomic E-state index is 5.20. The molecule has 0 unspecified atom stereocenters. The Morgan fingerprint density at radius 3 is 3.08 bits per heavy atom. The van der Waals surface area contributed by atoms with Crippen molar-refractivity contribution in [3.8, 4) is 0 Å². The van der Waals surface area contributed by atoms with Crippen LogP contribution in [0, 0.1) is 0 Å². The SMILES string of the molecule is C[C@H](S)CCSCc1ccco1. The van der Waals surface area contributed by atoms with Crippen molar-refractivity contribution < 1.29 is 4.42 Å². The van der Waals surface area contributed by atoms with Crippen molar-refractivity contribution in [3.05, 3.63) is 24.2 Å². The van der Waals surface area contributed by atoms with Crippen molar-refractivity contribution in [2.24, 2.45) is 0 Å². The third-order valence-electron chi connectivity index (χ3n) is 1.50. The van der Waals surface area contributed by atoms with Crippen LogP contribution in [-0.2, 0) is 5.75 Å². The molecule has 12 heavy (non-hydrogen) atoms. The molecule has 0 fully saturated rings. The van der Waals surface area contributed by atoms with E-state index in [0.29, 0.717) is 5.25 Å². The summed E-state index contributed by atoms with van der Waals surface area (Å²) in [7, 11) is 0. The lowest BCUT2D eigenvalue weighted by molar-refractivity contribution is 0.530. The molecule has 0 saturated carbocycles. The number of thiol groups is 1. The minimum Gasteiger partial charge on any atom is -0.468 e. The van der Waals surface area contributed by atoms with Crippen LogP contribution in [0.15, 0.2) is 22.8 Å². The Hall–Kier alpha value is -0.0200. The van der Waals surface area contributed by atoms with Crippen molar-refractivity contribution in [2.45, 2.75) is 24.3 Å². The molecule has 1 rings (SSSR count). The fourth-order valence-corrected chi connectivity index (χ4v) is 2.16. The summed E-state index contributed by atoms with van der Waals surface area (Å²) in [4.78, 5) is 0. The van der Waals surface area contributed by atoms with E-state index in [0.717, 1.165) is 23.7 Å². The van der Waals surface area contributed by atoms with Gasteiger partial charge >= 0.3 is 0 Å². The van der Waals surface area contributed by atoms with Gasteiger partial charge in [0.05, 0.1) is 12.0 Å². The van der Waals surface area contributed by atoms with Gasteiger partial charge in [-0.2, -0.15) is 24.4 Å². The predicted octanol–water partition coefficient (Wildman–Crippen LogP) is 3.22. The van der Waals surface area contributed by atoms with Crippen molar-refractivity contribution in [1.29, 1.82) is 0 Å². The van der Waals surface area contributed by atoms with Crippen LogP contribution in [0.3, 0.4) is 0 Å². The van der Waals surface area contributed by atoms with E-state index in [2.05, 4.69) is 19.6 Å². The second-order valence-electron chi connectivity index (χ2n) is 2.77. The van der Waals surface area contributed by atoms with Crippen molar-refractivity contribution in [3.63, 3.8) is 0 Å². The normalized spacial score (nSPS) is 13.2. The molecule has 0 aliphatic carbocycles. The highest BCUT2D eigenvalue weighted by atomic mass is 32.2. The standard InChI is InChI=1S/C9H14OS2/c1-8(11)4-6-12-7-9-3-2-5-10-9/h2-3,5,8,11H,4,6-7H2,1H3/t8-/m0/s1. The van der Waals surface area contributed by atoms with E-state index in [1.54, 1.807) is 6.26 Å². The highest BCUT2D eigenvalue weighted by molar-refractivity contribution is 7.98. The molecule has 68 valence electrons.